The van der Waals surface area contributed by atoms with Crippen LogP contribution >= 0.6 is 11.8 Å². The van der Waals surface area contributed by atoms with Gasteiger partial charge >= 0.3 is 0 Å². The van der Waals surface area contributed by atoms with Gasteiger partial charge in [-0.05, 0) is 42.5 Å². The van der Waals surface area contributed by atoms with E-state index in [0.29, 0.717) is 11.4 Å². The summed E-state index contributed by atoms with van der Waals surface area (Å²) >= 11 is 1.43. The first-order chi connectivity index (χ1) is 10.8. The van der Waals surface area contributed by atoms with Gasteiger partial charge in [-0.2, -0.15) is 0 Å². The van der Waals surface area contributed by atoms with E-state index in [-0.39, 0.29) is 5.91 Å². The van der Waals surface area contributed by atoms with Crippen LogP contribution in [0.15, 0.2) is 70.6 Å². The molecular formula is C18H16N2OS. The lowest BCUT2D eigenvalue weighted by atomic mass is 10.2. The molecule has 0 aromatic heterocycles. The van der Waals surface area contributed by atoms with Crippen LogP contribution in [0.1, 0.15) is 12.5 Å². The maximum absolute atomic E-state index is 12.5. The van der Waals surface area contributed by atoms with Crippen molar-refractivity contribution in [2.24, 2.45) is 4.99 Å². The number of rotatable bonds is 3. The highest BCUT2D eigenvalue weighted by atomic mass is 32.2. The second kappa shape index (κ2) is 6.62. The summed E-state index contributed by atoms with van der Waals surface area (Å²) in [4.78, 5) is 19.5. The minimum atomic E-state index is 0.0195. The number of carbonyl (C=O) groups excluding carboxylic acids is 1. The Bertz CT molecular complexity index is 723. The van der Waals surface area contributed by atoms with Crippen LogP contribution in [0, 0.1) is 0 Å². The first-order valence-corrected chi connectivity index (χ1v) is 8.00. The summed E-state index contributed by atoms with van der Waals surface area (Å²) in [6, 6.07) is 19.6. The van der Waals surface area contributed by atoms with Crippen LogP contribution in [0.25, 0.3) is 6.08 Å². The van der Waals surface area contributed by atoms with Gasteiger partial charge in [0.15, 0.2) is 5.17 Å². The highest BCUT2D eigenvalue weighted by Gasteiger charge is 2.32. The Kier molecular flexibility index (Phi) is 4.39. The van der Waals surface area contributed by atoms with Crippen molar-refractivity contribution < 1.29 is 4.79 Å². The van der Waals surface area contributed by atoms with E-state index in [1.807, 2.05) is 73.7 Å². The van der Waals surface area contributed by atoms with Crippen LogP contribution in [-0.4, -0.2) is 22.5 Å². The highest BCUT2D eigenvalue weighted by molar-refractivity contribution is 8.18. The molecule has 1 fully saturated rings. The van der Waals surface area contributed by atoms with Crippen LogP contribution in [0.2, 0.25) is 0 Å². The molecule has 0 radical (unpaired) electrons. The van der Waals surface area contributed by atoms with E-state index in [4.69, 9.17) is 0 Å². The Labute approximate surface area is 134 Å². The molecule has 1 saturated heterocycles. The van der Waals surface area contributed by atoms with E-state index < -0.39 is 0 Å². The zero-order chi connectivity index (χ0) is 15.4. The number of benzene rings is 2. The average molecular weight is 308 g/mol. The number of carbonyl (C=O) groups is 1. The van der Waals surface area contributed by atoms with Crippen molar-refractivity contribution in [3.05, 3.63) is 71.1 Å². The molecule has 0 atom stereocenters. The predicted octanol–water partition coefficient (Wildman–Crippen LogP) is 4.31. The molecule has 0 bridgehead atoms. The van der Waals surface area contributed by atoms with Crippen molar-refractivity contribution in [1.29, 1.82) is 0 Å². The molecule has 1 amide bonds. The van der Waals surface area contributed by atoms with Gasteiger partial charge in [-0.3, -0.25) is 9.69 Å². The summed E-state index contributed by atoms with van der Waals surface area (Å²) < 4.78 is 0. The van der Waals surface area contributed by atoms with Crippen LogP contribution in [0.3, 0.4) is 0 Å². The van der Waals surface area contributed by atoms with E-state index in [2.05, 4.69) is 4.99 Å². The standard InChI is InChI=1S/C18H16N2OS/c1-2-20-17(21)16(13-14-9-5-3-6-10-14)22-18(20)19-15-11-7-4-8-12-15/h3-13H,2H2,1H3/b16-13+,19-18?. The maximum Gasteiger partial charge on any atom is 0.266 e. The first kappa shape index (κ1) is 14.6. The second-order valence-corrected chi connectivity index (χ2v) is 5.81. The quantitative estimate of drug-likeness (QED) is 0.791. The van der Waals surface area contributed by atoms with Gasteiger partial charge in [-0.15, -0.1) is 0 Å². The molecule has 1 aliphatic rings. The summed E-state index contributed by atoms with van der Waals surface area (Å²) in [5.41, 5.74) is 1.88. The van der Waals surface area contributed by atoms with E-state index >= 15 is 0 Å². The Morgan fingerprint density at radius 2 is 1.68 bits per heavy atom. The molecule has 0 spiro atoms. The van der Waals surface area contributed by atoms with Crippen molar-refractivity contribution in [3.8, 4) is 0 Å². The van der Waals surface area contributed by atoms with Crippen LogP contribution in [-0.2, 0) is 4.79 Å². The Morgan fingerprint density at radius 1 is 1.05 bits per heavy atom. The number of thioether (sulfide) groups is 1. The van der Waals surface area contributed by atoms with Gasteiger partial charge < -0.3 is 0 Å². The normalized spacial score (nSPS) is 18.4. The monoisotopic (exact) mass is 308 g/mol. The molecule has 1 heterocycles. The zero-order valence-electron chi connectivity index (χ0n) is 12.3. The molecular weight excluding hydrogens is 292 g/mol. The lowest BCUT2D eigenvalue weighted by Gasteiger charge is -2.11. The predicted molar refractivity (Wildman–Crippen MR) is 92.9 cm³/mol. The largest absolute Gasteiger partial charge is 0.287 e. The van der Waals surface area contributed by atoms with Gasteiger partial charge in [0.2, 0.25) is 0 Å². The second-order valence-electron chi connectivity index (χ2n) is 4.80. The van der Waals surface area contributed by atoms with Crippen molar-refractivity contribution in [3.63, 3.8) is 0 Å². The Balaban J connectivity index is 1.92. The third-order valence-corrected chi connectivity index (χ3v) is 4.29. The summed E-state index contributed by atoms with van der Waals surface area (Å²) in [7, 11) is 0. The molecule has 2 aromatic carbocycles. The SMILES string of the molecule is CCN1C(=O)/C(=C\c2ccccc2)SC1=Nc1ccccc1. The van der Waals surface area contributed by atoms with E-state index in [9.17, 15) is 4.79 Å². The summed E-state index contributed by atoms with van der Waals surface area (Å²) in [5.74, 6) is 0.0195. The van der Waals surface area contributed by atoms with Crippen molar-refractivity contribution >= 4 is 34.6 Å². The molecule has 3 rings (SSSR count). The molecule has 0 unspecified atom stereocenters. The lowest BCUT2D eigenvalue weighted by molar-refractivity contribution is -0.122. The summed E-state index contributed by atoms with van der Waals surface area (Å²) in [6.45, 7) is 2.58. The summed E-state index contributed by atoms with van der Waals surface area (Å²) in [5, 5.41) is 0.737. The Hall–Kier alpha value is -2.33. The van der Waals surface area contributed by atoms with E-state index in [1.54, 1.807) is 4.90 Å². The Morgan fingerprint density at radius 3 is 2.32 bits per heavy atom. The fraction of sp³-hybridized carbons (Fsp3) is 0.111. The number of para-hydroxylation sites is 1. The van der Waals surface area contributed by atoms with Crippen molar-refractivity contribution in [1.82, 2.24) is 4.90 Å². The molecule has 1 aliphatic heterocycles. The molecule has 0 N–H and O–H groups in total. The topological polar surface area (TPSA) is 32.7 Å². The van der Waals surface area contributed by atoms with Gasteiger partial charge in [-0.25, -0.2) is 4.99 Å². The van der Waals surface area contributed by atoms with E-state index in [0.717, 1.165) is 16.4 Å². The zero-order valence-corrected chi connectivity index (χ0v) is 13.1. The maximum atomic E-state index is 12.5. The lowest BCUT2D eigenvalue weighted by Crippen LogP contribution is -2.28. The van der Waals surface area contributed by atoms with Gasteiger partial charge in [0.25, 0.3) is 5.91 Å². The first-order valence-electron chi connectivity index (χ1n) is 7.18. The molecule has 0 aliphatic carbocycles. The van der Waals surface area contributed by atoms with Crippen LogP contribution < -0.4 is 0 Å². The number of amides is 1. The number of amidine groups is 1. The van der Waals surface area contributed by atoms with Crippen LogP contribution in [0.4, 0.5) is 5.69 Å². The minimum Gasteiger partial charge on any atom is -0.287 e. The molecule has 4 heteroatoms. The molecule has 110 valence electrons. The highest BCUT2D eigenvalue weighted by Crippen LogP contribution is 2.33. The minimum absolute atomic E-state index is 0.0195. The fourth-order valence-corrected chi connectivity index (χ4v) is 3.25. The van der Waals surface area contributed by atoms with Gasteiger partial charge in [0.05, 0.1) is 10.6 Å². The third-order valence-electron chi connectivity index (χ3n) is 3.28. The molecule has 0 saturated carbocycles. The van der Waals surface area contributed by atoms with Gasteiger partial charge in [0.1, 0.15) is 0 Å². The average Bonchev–Trinajstić information content (AvgIpc) is 2.84. The van der Waals surface area contributed by atoms with Gasteiger partial charge in [0, 0.05) is 6.54 Å². The molecule has 2 aromatic rings. The van der Waals surface area contributed by atoms with Crippen molar-refractivity contribution in [2.45, 2.75) is 6.92 Å². The number of nitrogens with zero attached hydrogens (tertiary/aromatic N) is 2. The molecule has 3 nitrogen and oxygen atoms in total. The number of hydrogen-bond donors (Lipinski definition) is 0. The molecule has 22 heavy (non-hydrogen) atoms. The summed E-state index contributed by atoms with van der Waals surface area (Å²) in [6.07, 6.45) is 1.92. The number of aliphatic imine (C=N–C) groups is 1. The number of hydrogen-bond acceptors (Lipinski definition) is 3. The number of likely N-dealkylation sites (N-methyl/N-ethyl adjacent to an activating group) is 1. The smallest absolute Gasteiger partial charge is 0.266 e. The third kappa shape index (κ3) is 3.12. The van der Waals surface area contributed by atoms with Gasteiger partial charge in [-0.1, -0.05) is 48.5 Å². The van der Waals surface area contributed by atoms with E-state index in [1.165, 1.54) is 11.8 Å². The van der Waals surface area contributed by atoms with Crippen molar-refractivity contribution in [2.75, 3.05) is 6.54 Å². The fourth-order valence-electron chi connectivity index (χ4n) is 2.18. The van der Waals surface area contributed by atoms with Crippen LogP contribution in [0.5, 0.6) is 0 Å².